The van der Waals surface area contributed by atoms with Crippen molar-refractivity contribution in [1.82, 2.24) is 9.97 Å². The van der Waals surface area contributed by atoms with Crippen molar-refractivity contribution >= 4 is 34.6 Å². The lowest BCUT2D eigenvalue weighted by atomic mass is 10.0. The molecule has 1 amide bonds. The Kier molecular flexibility index (Phi) is 4.22. The van der Waals surface area contributed by atoms with Crippen LogP contribution in [0, 0.1) is 6.92 Å². The van der Waals surface area contributed by atoms with E-state index in [-0.39, 0.29) is 12.3 Å². The van der Waals surface area contributed by atoms with Gasteiger partial charge in [0.2, 0.25) is 5.91 Å². The maximum Gasteiger partial charge on any atom is 0.230 e. The molecule has 26 heavy (non-hydrogen) atoms. The van der Waals surface area contributed by atoms with Crippen LogP contribution in [0.3, 0.4) is 0 Å². The number of rotatable bonds is 2. The molecule has 1 aromatic heterocycles. The van der Waals surface area contributed by atoms with Crippen molar-refractivity contribution in [2.75, 3.05) is 5.32 Å². The maximum absolute atomic E-state index is 12.3. The SMILES string of the molecule is Cc1cc2c(cc1Cl)NC(=O)CC(c1cccc(-c3ncccn3)c1)=N2. The second kappa shape index (κ2) is 6.69. The van der Waals surface area contributed by atoms with E-state index in [1.807, 2.05) is 37.3 Å². The topological polar surface area (TPSA) is 67.2 Å². The van der Waals surface area contributed by atoms with E-state index in [9.17, 15) is 4.79 Å². The van der Waals surface area contributed by atoms with Gasteiger partial charge in [0.15, 0.2) is 5.82 Å². The summed E-state index contributed by atoms with van der Waals surface area (Å²) in [5.41, 5.74) is 4.68. The first-order chi connectivity index (χ1) is 12.6. The summed E-state index contributed by atoms with van der Waals surface area (Å²) >= 11 is 6.17. The molecule has 0 atom stereocenters. The third-order valence-electron chi connectivity index (χ3n) is 4.15. The Morgan fingerprint density at radius 2 is 1.81 bits per heavy atom. The molecule has 3 aromatic rings. The molecule has 2 heterocycles. The number of carbonyl (C=O) groups is 1. The van der Waals surface area contributed by atoms with Crippen LogP contribution in [-0.2, 0) is 4.79 Å². The van der Waals surface area contributed by atoms with Gasteiger partial charge in [0, 0.05) is 23.0 Å². The Balaban J connectivity index is 1.80. The molecule has 0 fully saturated rings. The summed E-state index contributed by atoms with van der Waals surface area (Å²) in [7, 11) is 0. The number of nitrogens with zero attached hydrogens (tertiary/aromatic N) is 3. The number of carbonyl (C=O) groups excluding carboxylic acids is 1. The molecule has 0 saturated carbocycles. The van der Waals surface area contributed by atoms with Crippen LogP contribution in [0.15, 0.2) is 59.9 Å². The number of anilines is 1. The standard InChI is InChI=1S/C20H15ClN4O/c1-12-8-17-18(10-15(12)21)25-19(26)11-16(24-17)13-4-2-5-14(9-13)20-22-6-3-7-23-20/h2-10H,11H2,1H3,(H,25,26). The largest absolute Gasteiger partial charge is 0.324 e. The molecule has 0 spiro atoms. The monoisotopic (exact) mass is 362 g/mol. The predicted molar refractivity (Wildman–Crippen MR) is 103 cm³/mol. The molecule has 0 saturated heterocycles. The van der Waals surface area contributed by atoms with Crippen molar-refractivity contribution < 1.29 is 4.79 Å². The fourth-order valence-corrected chi connectivity index (χ4v) is 3.01. The zero-order chi connectivity index (χ0) is 18.1. The van der Waals surface area contributed by atoms with Crippen molar-refractivity contribution in [1.29, 1.82) is 0 Å². The number of hydrogen-bond acceptors (Lipinski definition) is 4. The number of halogens is 1. The van der Waals surface area contributed by atoms with Gasteiger partial charge < -0.3 is 5.32 Å². The Labute approximate surface area is 155 Å². The summed E-state index contributed by atoms with van der Waals surface area (Å²) in [4.78, 5) is 25.6. The minimum Gasteiger partial charge on any atom is -0.324 e. The molecular weight excluding hydrogens is 348 g/mol. The Morgan fingerprint density at radius 3 is 2.62 bits per heavy atom. The number of aryl methyl sites for hydroxylation is 1. The molecule has 0 unspecified atom stereocenters. The Bertz CT molecular complexity index is 1030. The average Bonchev–Trinajstić information content (AvgIpc) is 2.81. The summed E-state index contributed by atoms with van der Waals surface area (Å²) in [6.45, 7) is 1.91. The fraction of sp³-hybridized carbons (Fsp3) is 0.100. The molecule has 128 valence electrons. The highest BCUT2D eigenvalue weighted by atomic mass is 35.5. The molecule has 0 bridgehead atoms. The second-order valence-electron chi connectivity index (χ2n) is 6.06. The zero-order valence-corrected chi connectivity index (χ0v) is 14.8. The molecule has 6 heteroatoms. The maximum atomic E-state index is 12.3. The van der Waals surface area contributed by atoms with Gasteiger partial charge in [-0.15, -0.1) is 0 Å². The number of aromatic nitrogens is 2. The van der Waals surface area contributed by atoms with Crippen LogP contribution in [0.25, 0.3) is 11.4 Å². The van der Waals surface area contributed by atoms with E-state index in [0.717, 1.165) is 16.7 Å². The predicted octanol–water partition coefficient (Wildman–Crippen LogP) is 4.57. The van der Waals surface area contributed by atoms with Crippen molar-refractivity contribution in [2.24, 2.45) is 4.99 Å². The number of fused-ring (bicyclic) bond motifs is 1. The zero-order valence-electron chi connectivity index (χ0n) is 14.0. The molecule has 1 aliphatic heterocycles. The average molecular weight is 363 g/mol. The van der Waals surface area contributed by atoms with E-state index in [2.05, 4.69) is 15.3 Å². The van der Waals surface area contributed by atoms with Gasteiger partial charge in [-0.05, 0) is 42.3 Å². The van der Waals surface area contributed by atoms with E-state index in [0.29, 0.717) is 27.9 Å². The highest BCUT2D eigenvalue weighted by Crippen LogP contribution is 2.34. The van der Waals surface area contributed by atoms with Crippen molar-refractivity contribution in [3.63, 3.8) is 0 Å². The van der Waals surface area contributed by atoms with E-state index in [1.165, 1.54) is 0 Å². The smallest absolute Gasteiger partial charge is 0.230 e. The van der Waals surface area contributed by atoms with Gasteiger partial charge in [-0.25, -0.2) is 9.97 Å². The molecule has 1 aliphatic rings. The lowest BCUT2D eigenvalue weighted by molar-refractivity contribution is -0.115. The molecule has 2 aromatic carbocycles. The van der Waals surface area contributed by atoms with Crippen LogP contribution in [-0.4, -0.2) is 21.6 Å². The Morgan fingerprint density at radius 1 is 1.04 bits per heavy atom. The quantitative estimate of drug-likeness (QED) is 0.726. The van der Waals surface area contributed by atoms with Gasteiger partial charge >= 0.3 is 0 Å². The minimum absolute atomic E-state index is 0.121. The first-order valence-electron chi connectivity index (χ1n) is 8.15. The van der Waals surface area contributed by atoms with Gasteiger partial charge in [-0.3, -0.25) is 9.79 Å². The van der Waals surface area contributed by atoms with Crippen molar-refractivity contribution in [3.05, 3.63) is 71.0 Å². The summed E-state index contributed by atoms with van der Waals surface area (Å²) in [5, 5.41) is 3.48. The van der Waals surface area contributed by atoms with Gasteiger partial charge in [0.1, 0.15) is 0 Å². The van der Waals surface area contributed by atoms with E-state index in [4.69, 9.17) is 16.6 Å². The number of hydrogen-bond donors (Lipinski definition) is 1. The molecule has 0 aliphatic carbocycles. The van der Waals surface area contributed by atoms with E-state index in [1.54, 1.807) is 24.5 Å². The number of benzene rings is 2. The first-order valence-corrected chi connectivity index (χ1v) is 8.53. The lowest BCUT2D eigenvalue weighted by Crippen LogP contribution is -2.15. The number of aliphatic imine (C=N–C) groups is 1. The molecule has 4 rings (SSSR count). The van der Waals surface area contributed by atoms with Gasteiger partial charge in [0.25, 0.3) is 0 Å². The number of amides is 1. The Hall–Kier alpha value is -3.05. The summed E-state index contributed by atoms with van der Waals surface area (Å²) in [6.07, 6.45) is 3.59. The van der Waals surface area contributed by atoms with Crippen LogP contribution in [0.2, 0.25) is 5.02 Å². The fourth-order valence-electron chi connectivity index (χ4n) is 2.84. The van der Waals surface area contributed by atoms with Crippen LogP contribution < -0.4 is 5.32 Å². The summed E-state index contributed by atoms with van der Waals surface area (Å²) in [5.74, 6) is 0.514. The van der Waals surface area contributed by atoms with E-state index >= 15 is 0 Å². The van der Waals surface area contributed by atoms with Crippen molar-refractivity contribution in [3.8, 4) is 11.4 Å². The lowest BCUT2D eigenvalue weighted by Gasteiger charge is -2.07. The molecule has 1 N–H and O–H groups in total. The van der Waals surface area contributed by atoms with Crippen LogP contribution >= 0.6 is 11.6 Å². The second-order valence-corrected chi connectivity index (χ2v) is 6.46. The van der Waals surface area contributed by atoms with Gasteiger partial charge in [0.05, 0.1) is 23.5 Å². The van der Waals surface area contributed by atoms with Crippen LogP contribution in [0.1, 0.15) is 17.5 Å². The number of nitrogens with one attached hydrogen (secondary N) is 1. The summed E-state index contributed by atoms with van der Waals surface area (Å²) in [6, 6.07) is 13.1. The highest BCUT2D eigenvalue weighted by molar-refractivity contribution is 6.32. The van der Waals surface area contributed by atoms with Crippen LogP contribution in [0.4, 0.5) is 11.4 Å². The first kappa shape index (κ1) is 16.4. The summed E-state index contributed by atoms with van der Waals surface area (Å²) < 4.78 is 0. The molecule has 5 nitrogen and oxygen atoms in total. The highest BCUT2D eigenvalue weighted by Gasteiger charge is 2.18. The minimum atomic E-state index is -0.121. The molecule has 0 radical (unpaired) electrons. The third kappa shape index (κ3) is 3.21. The normalized spacial score (nSPS) is 13.5. The van der Waals surface area contributed by atoms with Gasteiger partial charge in [-0.1, -0.05) is 29.8 Å². The van der Waals surface area contributed by atoms with Crippen LogP contribution in [0.5, 0.6) is 0 Å². The van der Waals surface area contributed by atoms with E-state index < -0.39 is 0 Å². The van der Waals surface area contributed by atoms with Gasteiger partial charge in [-0.2, -0.15) is 0 Å². The molecular formula is C20H15ClN4O. The third-order valence-corrected chi connectivity index (χ3v) is 4.56. The van der Waals surface area contributed by atoms with Crippen molar-refractivity contribution in [2.45, 2.75) is 13.3 Å².